The van der Waals surface area contributed by atoms with Gasteiger partial charge in [0, 0.05) is 6.54 Å². The average molecular weight is 274 g/mol. The van der Waals surface area contributed by atoms with E-state index in [0.717, 1.165) is 19.4 Å². The average Bonchev–Trinajstić information content (AvgIpc) is 2.85. The maximum Gasteiger partial charge on any atom is 0.239 e. The molecule has 1 fully saturated rings. The molecule has 0 saturated carbocycles. The fourth-order valence-electron chi connectivity index (χ4n) is 2.84. The van der Waals surface area contributed by atoms with Crippen LogP contribution in [0, 0.1) is 0 Å². The van der Waals surface area contributed by atoms with Crippen molar-refractivity contribution in [3.05, 3.63) is 35.4 Å². The van der Waals surface area contributed by atoms with Crippen molar-refractivity contribution >= 4 is 5.91 Å². The molecule has 1 aromatic rings. The van der Waals surface area contributed by atoms with Crippen LogP contribution in [0.4, 0.5) is 0 Å². The number of hydrogen-bond acceptors (Lipinski definition) is 2. The van der Waals surface area contributed by atoms with Gasteiger partial charge in [-0.3, -0.25) is 4.79 Å². The van der Waals surface area contributed by atoms with Crippen LogP contribution in [0.5, 0.6) is 0 Å². The summed E-state index contributed by atoms with van der Waals surface area (Å²) in [5, 5.41) is 0. The first kappa shape index (κ1) is 15.0. The molecule has 1 aromatic carbocycles. The van der Waals surface area contributed by atoms with Crippen molar-refractivity contribution in [1.29, 1.82) is 0 Å². The Morgan fingerprint density at radius 2 is 1.90 bits per heavy atom. The van der Waals surface area contributed by atoms with Crippen molar-refractivity contribution < 1.29 is 4.79 Å². The molecule has 1 saturated heterocycles. The Labute approximate surface area is 122 Å². The first-order chi connectivity index (χ1) is 9.30. The highest BCUT2D eigenvalue weighted by Crippen LogP contribution is 2.33. The minimum atomic E-state index is -0.413. The number of hydrogen-bond donors (Lipinski definition) is 1. The van der Waals surface area contributed by atoms with Crippen LogP contribution in [0.1, 0.15) is 57.7 Å². The predicted molar refractivity (Wildman–Crippen MR) is 82.5 cm³/mol. The number of carbonyl (C=O) groups excluding carboxylic acids is 1. The van der Waals surface area contributed by atoms with Gasteiger partial charge in [0.25, 0.3) is 0 Å². The molecule has 2 rings (SSSR count). The van der Waals surface area contributed by atoms with Crippen molar-refractivity contribution in [3.8, 4) is 0 Å². The molecule has 1 amide bonds. The van der Waals surface area contributed by atoms with Crippen LogP contribution >= 0.6 is 0 Å². The Morgan fingerprint density at radius 1 is 1.30 bits per heavy atom. The van der Waals surface area contributed by atoms with E-state index in [-0.39, 0.29) is 17.4 Å². The normalized spacial score (nSPS) is 21.1. The first-order valence-corrected chi connectivity index (χ1v) is 7.47. The van der Waals surface area contributed by atoms with Crippen molar-refractivity contribution in [2.75, 3.05) is 6.54 Å². The smallest absolute Gasteiger partial charge is 0.239 e. The Bertz CT molecular complexity index is 471. The van der Waals surface area contributed by atoms with Crippen LogP contribution in [0.2, 0.25) is 0 Å². The van der Waals surface area contributed by atoms with Gasteiger partial charge in [0.2, 0.25) is 5.91 Å². The lowest BCUT2D eigenvalue weighted by Gasteiger charge is -2.27. The molecular weight excluding hydrogens is 248 g/mol. The molecule has 2 atom stereocenters. The number of nitrogens with zero attached hydrogens (tertiary/aromatic N) is 1. The summed E-state index contributed by atoms with van der Waals surface area (Å²) in [4.78, 5) is 14.1. The van der Waals surface area contributed by atoms with Gasteiger partial charge in [-0.15, -0.1) is 0 Å². The molecule has 2 N–H and O–H groups in total. The van der Waals surface area contributed by atoms with E-state index in [9.17, 15) is 4.79 Å². The standard InChI is InChI=1S/C17H26N2O/c1-12(18)16(20)19-11-5-6-15(19)13-7-9-14(10-8-13)17(2,3)4/h7-10,12,15H,5-6,11,18H2,1-4H3/t12-,15?/m0/s1. The lowest BCUT2D eigenvalue weighted by atomic mass is 9.86. The van der Waals surface area contributed by atoms with E-state index in [1.54, 1.807) is 6.92 Å². The van der Waals surface area contributed by atoms with Crippen LogP contribution in [-0.4, -0.2) is 23.4 Å². The Morgan fingerprint density at radius 3 is 2.40 bits per heavy atom. The van der Waals surface area contributed by atoms with Crippen LogP contribution in [-0.2, 0) is 10.2 Å². The van der Waals surface area contributed by atoms with E-state index in [0.29, 0.717) is 0 Å². The zero-order chi connectivity index (χ0) is 14.9. The molecule has 3 heteroatoms. The molecular formula is C17H26N2O. The second kappa shape index (κ2) is 5.57. The topological polar surface area (TPSA) is 46.3 Å². The molecule has 20 heavy (non-hydrogen) atoms. The maximum absolute atomic E-state index is 12.2. The Hall–Kier alpha value is -1.35. The minimum Gasteiger partial charge on any atom is -0.334 e. The summed E-state index contributed by atoms with van der Waals surface area (Å²) < 4.78 is 0. The van der Waals surface area contributed by atoms with E-state index < -0.39 is 6.04 Å². The monoisotopic (exact) mass is 274 g/mol. The van der Waals surface area contributed by atoms with E-state index in [1.165, 1.54) is 11.1 Å². The summed E-state index contributed by atoms with van der Waals surface area (Å²) in [5.74, 6) is 0.0624. The molecule has 0 radical (unpaired) electrons. The number of carbonyl (C=O) groups is 1. The first-order valence-electron chi connectivity index (χ1n) is 7.47. The van der Waals surface area contributed by atoms with Crippen molar-refractivity contribution in [1.82, 2.24) is 4.90 Å². The van der Waals surface area contributed by atoms with E-state index in [2.05, 4.69) is 45.0 Å². The molecule has 1 heterocycles. The third-order valence-corrected chi connectivity index (χ3v) is 4.09. The number of benzene rings is 1. The molecule has 0 aromatic heterocycles. The highest BCUT2D eigenvalue weighted by atomic mass is 16.2. The van der Waals surface area contributed by atoms with Gasteiger partial charge in [-0.25, -0.2) is 0 Å². The molecule has 1 aliphatic heterocycles. The van der Waals surface area contributed by atoms with Gasteiger partial charge in [-0.1, -0.05) is 45.0 Å². The van der Waals surface area contributed by atoms with Crippen LogP contribution < -0.4 is 5.73 Å². The second-order valence-electron chi connectivity index (χ2n) is 6.85. The number of rotatable bonds is 2. The zero-order valence-corrected chi connectivity index (χ0v) is 13.0. The molecule has 0 spiro atoms. The van der Waals surface area contributed by atoms with Gasteiger partial charge < -0.3 is 10.6 Å². The number of likely N-dealkylation sites (tertiary alicyclic amines) is 1. The summed E-state index contributed by atoms with van der Waals surface area (Å²) in [6, 6.07) is 8.48. The third kappa shape index (κ3) is 3.04. The summed E-state index contributed by atoms with van der Waals surface area (Å²) in [6.45, 7) is 9.23. The summed E-state index contributed by atoms with van der Waals surface area (Å²) in [7, 11) is 0. The van der Waals surface area contributed by atoms with Crippen molar-refractivity contribution in [2.45, 2.75) is 58.0 Å². The van der Waals surface area contributed by atoms with Gasteiger partial charge >= 0.3 is 0 Å². The van der Waals surface area contributed by atoms with E-state index in [4.69, 9.17) is 5.73 Å². The van der Waals surface area contributed by atoms with Gasteiger partial charge in [-0.05, 0) is 36.3 Å². The number of amides is 1. The Balaban J connectivity index is 2.20. The summed E-state index contributed by atoms with van der Waals surface area (Å²) in [6.07, 6.45) is 2.09. The molecule has 1 aliphatic rings. The fraction of sp³-hybridized carbons (Fsp3) is 0.588. The van der Waals surface area contributed by atoms with Crippen LogP contribution in [0.15, 0.2) is 24.3 Å². The minimum absolute atomic E-state index is 0.0624. The third-order valence-electron chi connectivity index (χ3n) is 4.09. The highest BCUT2D eigenvalue weighted by molar-refractivity contribution is 5.81. The van der Waals surface area contributed by atoms with Crippen molar-refractivity contribution in [2.24, 2.45) is 5.73 Å². The maximum atomic E-state index is 12.2. The van der Waals surface area contributed by atoms with Crippen molar-refractivity contribution in [3.63, 3.8) is 0 Å². The van der Waals surface area contributed by atoms with E-state index in [1.807, 2.05) is 4.90 Å². The lowest BCUT2D eigenvalue weighted by Crippen LogP contribution is -2.41. The molecule has 1 unspecified atom stereocenters. The molecule has 110 valence electrons. The largest absolute Gasteiger partial charge is 0.334 e. The fourth-order valence-corrected chi connectivity index (χ4v) is 2.84. The quantitative estimate of drug-likeness (QED) is 0.901. The van der Waals surface area contributed by atoms with Gasteiger partial charge in [0.05, 0.1) is 12.1 Å². The molecule has 0 bridgehead atoms. The highest BCUT2D eigenvalue weighted by Gasteiger charge is 2.31. The SMILES string of the molecule is C[C@H](N)C(=O)N1CCCC1c1ccc(C(C)(C)C)cc1. The van der Waals surface area contributed by atoms with E-state index >= 15 is 0 Å². The summed E-state index contributed by atoms with van der Waals surface area (Å²) >= 11 is 0. The predicted octanol–water partition coefficient (Wildman–Crippen LogP) is 2.99. The Kier molecular flexibility index (Phi) is 4.19. The van der Waals surface area contributed by atoms with Crippen LogP contribution in [0.25, 0.3) is 0 Å². The molecule has 3 nitrogen and oxygen atoms in total. The van der Waals surface area contributed by atoms with Gasteiger partial charge in [-0.2, -0.15) is 0 Å². The second-order valence-corrected chi connectivity index (χ2v) is 6.85. The van der Waals surface area contributed by atoms with Crippen LogP contribution in [0.3, 0.4) is 0 Å². The summed E-state index contributed by atoms with van der Waals surface area (Å²) in [5.41, 5.74) is 8.46. The van der Waals surface area contributed by atoms with Gasteiger partial charge in [0.1, 0.15) is 0 Å². The van der Waals surface area contributed by atoms with Gasteiger partial charge in [0.15, 0.2) is 0 Å². The number of nitrogens with two attached hydrogens (primary N) is 1. The molecule has 0 aliphatic carbocycles. The zero-order valence-electron chi connectivity index (χ0n) is 13.0. The lowest BCUT2D eigenvalue weighted by molar-refractivity contribution is -0.133.